The molecule has 1 aromatic carbocycles. The van der Waals surface area contributed by atoms with Crippen LogP contribution in [0.15, 0.2) is 30.9 Å². The third-order valence-electron chi connectivity index (χ3n) is 6.58. The molecule has 0 saturated carbocycles. The molecule has 12 nitrogen and oxygen atoms in total. The molecule has 1 aliphatic heterocycles. The summed E-state index contributed by atoms with van der Waals surface area (Å²) in [5, 5.41) is 26.0. The van der Waals surface area contributed by atoms with Crippen LogP contribution in [-0.2, 0) is 10.9 Å². The van der Waals surface area contributed by atoms with Crippen molar-refractivity contribution in [1.82, 2.24) is 29.7 Å². The molecule has 1 unspecified atom stereocenters. The molecule has 1 saturated heterocycles. The van der Waals surface area contributed by atoms with Gasteiger partial charge in [0.2, 0.25) is 0 Å². The van der Waals surface area contributed by atoms with E-state index in [0.717, 1.165) is 12.1 Å². The Hall–Kier alpha value is -3.24. The lowest BCUT2D eigenvalue weighted by Gasteiger charge is -2.30. The van der Waals surface area contributed by atoms with Gasteiger partial charge in [-0.25, -0.2) is 19.7 Å². The SMILES string of the molecule is CC(C)N(CCCNC(=O)Nc1ccc(Cl)c(C(F)(F)F)c1)C[C@H]1OC(n2cnc3c(N)ncnc32)[C@H](O)[C@@H]1O. The van der Waals surface area contributed by atoms with Gasteiger partial charge >= 0.3 is 12.2 Å². The molecule has 4 atom stereocenters. The first-order valence-electron chi connectivity index (χ1n) is 12.5. The van der Waals surface area contributed by atoms with Crippen LogP contribution in [0.1, 0.15) is 32.1 Å². The van der Waals surface area contributed by atoms with Crippen molar-refractivity contribution in [2.75, 3.05) is 30.7 Å². The number of aliphatic hydroxyl groups is 2. The van der Waals surface area contributed by atoms with Gasteiger partial charge in [-0.2, -0.15) is 13.2 Å². The number of hydrogen-bond acceptors (Lipinski definition) is 9. The number of amides is 2. The van der Waals surface area contributed by atoms with Crippen LogP contribution in [0.2, 0.25) is 5.02 Å². The summed E-state index contributed by atoms with van der Waals surface area (Å²) in [6.45, 7) is 4.93. The van der Waals surface area contributed by atoms with Crippen LogP contribution in [0.5, 0.6) is 0 Å². The minimum absolute atomic E-state index is 0.0392. The number of hydrogen-bond donors (Lipinski definition) is 5. The van der Waals surface area contributed by atoms with E-state index in [1.54, 1.807) is 0 Å². The number of nitrogen functional groups attached to an aromatic ring is 1. The van der Waals surface area contributed by atoms with E-state index in [-0.39, 0.29) is 30.6 Å². The Morgan fingerprint density at radius 2 is 2.00 bits per heavy atom. The van der Waals surface area contributed by atoms with Crippen LogP contribution in [-0.4, -0.2) is 84.7 Å². The number of nitrogens with two attached hydrogens (primary N) is 1. The number of nitrogens with one attached hydrogen (secondary N) is 2. The Labute approximate surface area is 232 Å². The largest absolute Gasteiger partial charge is 0.417 e. The third kappa shape index (κ3) is 6.55. The fraction of sp³-hybridized carbons (Fsp3) is 0.500. The number of ether oxygens (including phenoxy) is 1. The molecule has 3 aromatic rings. The monoisotopic (exact) mass is 586 g/mol. The van der Waals surface area contributed by atoms with E-state index in [2.05, 4.69) is 25.6 Å². The molecule has 2 aromatic heterocycles. The Morgan fingerprint density at radius 1 is 1.25 bits per heavy atom. The number of aliphatic hydroxyl groups excluding tert-OH is 2. The van der Waals surface area contributed by atoms with Crippen LogP contribution in [0.3, 0.4) is 0 Å². The second-order valence-electron chi connectivity index (χ2n) is 9.64. The minimum Gasteiger partial charge on any atom is -0.387 e. The Kier molecular flexibility index (Phi) is 8.99. The number of carbonyl (C=O) groups is 1. The first kappa shape index (κ1) is 29.7. The average Bonchev–Trinajstić information content (AvgIpc) is 3.43. The molecule has 1 fully saturated rings. The van der Waals surface area contributed by atoms with Crippen molar-refractivity contribution in [1.29, 1.82) is 0 Å². The van der Waals surface area contributed by atoms with Crippen molar-refractivity contribution in [3.8, 4) is 0 Å². The lowest BCUT2D eigenvalue weighted by atomic mass is 10.1. The van der Waals surface area contributed by atoms with Gasteiger partial charge in [-0.15, -0.1) is 0 Å². The molecule has 0 spiro atoms. The molecule has 16 heteroatoms. The summed E-state index contributed by atoms with van der Waals surface area (Å²) in [4.78, 5) is 26.5. The van der Waals surface area contributed by atoms with Crippen LogP contribution in [0.4, 0.5) is 29.5 Å². The molecule has 2 amide bonds. The highest BCUT2D eigenvalue weighted by Crippen LogP contribution is 2.36. The average molecular weight is 587 g/mol. The maximum absolute atomic E-state index is 13.0. The van der Waals surface area contributed by atoms with Crippen molar-refractivity contribution in [2.24, 2.45) is 0 Å². The highest BCUT2D eigenvalue weighted by Gasteiger charge is 2.45. The van der Waals surface area contributed by atoms with E-state index in [4.69, 9.17) is 22.1 Å². The van der Waals surface area contributed by atoms with E-state index in [1.165, 1.54) is 23.3 Å². The van der Waals surface area contributed by atoms with Crippen molar-refractivity contribution in [3.63, 3.8) is 0 Å². The number of fused-ring (bicyclic) bond motifs is 1. The summed E-state index contributed by atoms with van der Waals surface area (Å²) >= 11 is 5.61. The number of nitrogens with zero attached hydrogens (tertiary/aromatic N) is 5. The fourth-order valence-corrected chi connectivity index (χ4v) is 4.66. The number of imidazole rings is 1. The number of anilines is 2. The van der Waals surface area contributed by atoms with Gasteiger partial charge in [-0.3, -0.25) is 9.47 Å². The van der Waals surface area contributed by atoms with E-state index >= 15 is 0 Å². The van der Waals surface area contributed by atoms with Crippen molar-refractivity contribution >= 4 is 40.3 Å². The smallest absolute Gasteiger partial charge is 0.387 e. The third-order valence-corrected chi connectivity index (χ3v) is 6.91. The summed E-state index contributed by atoms with van der Waals surface area (Å²) in [6, 6.07) is 2.49. The molecule has 4 rings (SSSR count). The van der Waals surface area contributed by atoms with Crippen LogP contribution in [0.25, 0.3) is 11.2 Å². The van der Waals surface area contributed by atoms with E-state index < -0.39 is 47.3 Å². The Bertz CT molecular complexity index is 1340. The van der Waals surface area contributed by atoms with Crippen molar-refractivity contribution < 1.29 is 32.9 Å². The molecule has 40 heavy (non-hydrogen) atoms. The molecule has 3 heterocycles. The van der Waals surface area contributed by atoms with Gasteiger partial charge < -0.3 is 31.3 Å². The summed E-state index contributed by atoms with van der Waals surface area (Å²) in [5.74, 6) is 0.181. The van der Waals surface area contributed by atoms with Crippen LogP contribution in [0, 0.1) is 0 Å². The van der Waals surface area contributed by atoms with Gasteiger partial charge in [0.25, 0.3) is 0 Å². The lowest BCUT2D eigenvalue weighted by molar-refractivity contribution is -0.137. The number of alkyl halides is 3. The topological polar surface area (TPSA) is 164 Å². The second-order valence-corrected chi connectivity index (χ2v) is 10.1. The highest BCUT2D eigenvalue weighted by molar-refractivity contribution is 6.31. The predicted octanol–water partition coefficient (Wildman–Crippen LogP) is 2.62. The highest BCUT2D eigenvalue weighted by atomic mass is 35.5. The number of rotatable bonds is 9. The zero-order chi connectivity index (χ0) is 29.2. The molecule has 0 aliphatic carbocycles. The van der Waals surface area contributed by atoms with E-state index in [0.29, 0.717) is 24.1 Å². The van der Waals surface area contributed by atoms with Gasteiger partial charge in [0.1, 0.15) is 30.2 Å². The van der Waals surface area contributed by atoms with Gasteiger partial charge in [-0.1, -0.05) is 11.6 Å². The molecule has 0 radical (unpaired) electrons. The molecular weight excluding hydrogens is 557 g/mol. The zero-order valence-electron chi connectivity index (χ0n) is 21.6. The lowest BCUT2D eigenvalue weighted by Crippen LogP contribution is -2.44. The molecule has 218 valence electrons. The van der Waals surface area contributed by atoms with Gasteiger partial charge in [-0.05, 0) is 38.5 Å². The van der Waals surface area contributed by atoms with Gasteiger partial charge in [0, 0.05) is 31.4 Å². The summed E-state index contributed by atoms with van der Waals surface area (Å²) in [5.41, 5.74) is 5.47. The first-order chi connectivity index (χ1) is 18.9. The van der Waals surface area contributed by atoms with Crippen LogP contribution >= 0.6 is 11.6 Å². The summed E-state index contributed by atoms with van der Waals surface area (Å²) < 4.78 is 46.7. The van der Waals surface area contributed by atoms with E-state index in [9.17, 15) is 28.2 Å². The summed E-state index contributed by atoms with van der Waals surface area (Å²) in [6.07, 6.45) is -5.56. The maximum Gasteiger partial charge on any atom is 0.417 e. The van der Waals surface area contributed by atoms with Crippen molar-refractivity contribution in [3.05, 3.63) is 41.4 Å². The maximum atomic E-state index is 13.0. The normalized spacial score (nSPS) is 21.4. The number of urea groups is 1. The van der Waals surface area contributed by atoms with Gasteiger partial charge in [0.15, 0.2) is 17.7 Å². The minimum atomic E-state index is -4.65. The van der Waals surface area contributed by atoms with Crippen LogP contribution < -0.4 is 16.4 Å². The zero-order valence-corrected chi connectivity index (χ0v) is 22.4. The fourth-order valence-electron chi connectivity index (χ4n) is 4.44. The number of halogens is 4. The molecular formula is C24H30ClF3N8O4. The number of aromatic nitrogens is 4. The van der Waals surface area contributed by atoms with Crippen molar-refractivity contribution in [2.45, 2.75) is 57.0 Å². The number of carbonyl (C=O) groups excluding carboxylic acids is 1. The molecule has 0 bridgehead atoms. The second kappa shape index (κ2) is 12.1. The quantitative estimate of drug-likeness (QED) is 0.237. The Balaban J connectivity index is 1.30. The molecule has 6 N–H and O–H groups in total. The standard InChI is InChI=1S/C24H30ClF3N8O4/c1-12(2)35(7-3-6-30-23(39)34-13-4-5-15(25)14(8-13)24(26,27)28)9-16-18(37)19(38)22(40-16)36-11-33-17-20(29)31-10-32-21(17)36/h4-5,8,10-12,16,18-19,22,37-38H,3,6-7,9H2,1-2H3,(H2,29,31,32)(H2,30,34,39)/t16-,18-,19-,22?/m1/s1. The first-order valence-corrected chi connectivity index (χ1v) is 12.8. The predicted molar refractivity (Wildman–Crippen MR) is 140 cm³/mol. The van der Waals surface area contributed by atoms with E-state index in [1.807, 2.05) is 18.7 Å². The Morgan fingerprint density at radius 3 is 2.70 bits per heavy atom. The summed E-state index contributed by atoms with van der Waals surface area (Å²) in [7, 11) is 0. The number of benzene rings is 1. The molecule has 1 aliphatic rings. The van der Waals surface area contributed by atoms with Gasteiger partial charge in [0.05, 0.1) is 16.9 Å².